The van der Waals surface area contributed by atoms with Crippen molar-refractivity contribution in [2.75, 3.05) is 24.5 Å². The van der Waals surface area contributed by atoms with Gasteiger partial charge in [-0.1, -0.05) is 12.1 Å². The number of aromatic nitrogens is 2. The Hall–Kier alpha value is -1.72. The van der Waals surface area contributed by atoms with E-state index in [1.165, 1.54) is 0 Å². The van der Waals surface area contributed by atoms with Gasteiger partial charge in [0.15, 0.2) is 0 Å². The lowest BCUT2D eigenvalue weighted by molar-refractivity contribution is -0.0790. The summed E-state index contributed by atoms with van der Waals surface area (Å²) in [7, 11) is 0. The molecule has 0 spiro atoms. The van der Waals surface area contributed by atoms with E-state index in [4.69, 9.17) is 15.5 Å². The molecule has 1 aromatic heterocycles. The van der Waals surface area contributed by atoms with E-state index in [0.29, 0.717) is 6.54 Å². The van der Waals surface area contributed by atoms with Crippen molar-refractivity contribution < 1.29 is 4.74 Å². The third-order valence-corrected chi connectivity index (χ3v) is 3.50. The smallest absolute Gasteiger partial charge is 0.148 e. The predicted molar refractivity (Wildman–Crippen MR) is 79.8 cm³/mol. The Balaban J connectivity index is 1.93. The molecule has 20 heavy (non-hydrogen) atoms. The molecule has 0 saturated carbocycles. The topological polar surface area (TPSA) is 64.3 Å². The summed E-state index contributed by atoms with van der Waals surface area (Å²) in [6.07, 6.45) is 1.86. The summed E-state index contributed by atoms with van der Waals surface area (Å²) in [6.45, 7) is 6.22. The van der Waals surface area contributed by atoms with Crippen molar-refractivity contribution in [1.82, 2.24) is 9.97 Å². The Bertz CT molecular complexity index is 614. The lowest BCUT2D eigenvalue weighted by Gasteiger charge is -2.43. The molecule has 0 amide bonds. The molecule has 2 aromatic rings. The normalized spacial score (nSPS) is 22.1. The van der Waals surface area contributed by atoms with Crippen LogP contribution in [0.5, 0.6) is 0 Å². The maximum atomic E-state index is 5.95. The number of nitrogens with zero attached hydrogens (tertiary/aromatic N) is 3. The molecule has 5 heteroatoms. The monoisotopic (exact) mass is 272 g/mol. The summed E-state index contributed by atoms with van der Waals surface area (Å²) >= 11 is 0. The van der Waals surface area contributed by atoms with Crippen molar-refractivity contribution in [2.45, 2.75) is 25.6 Å². The second-order valence-corrected chi connectivity index (χ2v) is 5.83. The fourth-order valence-corrected chi connectivity index (χ4v) is 2.69. The van der Waals surface area contributed by atoms with Gasteiger partial charge in [-0.2, -0.15) is 0 Å². The van der Waals surface area contributed by atoms with E-state index in [1.807, 2.05) is 30.5 Å². The van der Waals surface area contributed by atoms with Crippen molar-refractivity contribution in [3.8, 4) is 0 Å². The minimum Gasteiger partial charge on any atom is -0.367 e. The first kappa shape index (κ1) is 13.3. The fourth-order valence-electron chi connectivity index (χ4n) is 2.69. The number of fused-ring (bicyclic) bond motifs is 1. The van der Waals surface area contributed by atoms with Crippen molar-refractivity contribution in [3.05, 3.63) is 30.5 Å². The van der Waals surface area contributed by atoms with Crippen LogP contribution in [-0.2, 0) is 4.74 Å². The van der Waals surface area contributed by atoms with Crippen molar-refractivity contribution in [3.63, 3.8) is 0 Å². The molecule has 3 rings (SSSR count). The van der Waals surface area contributed by atoms with Crippen LogP contribution in [0.15, 0.2) is 30.5 Å². The second-order valence-electron chi connectivity index (χ2n) is 5.83. The molecule has 1 atom stereocenters. The Morgan fingerprint density at radius 1 is 1.35 bits per heavy atom. The van der Waals surface area contributed by atoms with Gasteiger partial charge >= 0.3 is 0 Å². The average Bonchev–Trinajstić information content (AvgIpc) is 2.45. The molecule has 1 aliphatic rings. The van der Waals surface area contributed by atoms with Crippen LogP contribution in [0.3, 0.4) is 0 Å². The molecule has 1 aliphatic heterocycles. The molecule has 0 radical (unpaired) electrons. The first-order valence-corrected chi connectivity index (χ1v) is 6.92. The molecule has 5 nitrogen and oxygen atoms in total. The van der Waals surface area contributed by atoms with Gasteiger partial charge in [0.25, 0.3) is 0 Å². The molecule has 1 fully saturated rings. The summed E-state index contributed by atoms with van der Waals surface area (Å²) in [4.78, 5) is 11.4. The Labute approximate surface area is 118 Å². The molecular weight excluding hydrogens is 252 g/mol. The Morgan fingerprint density at radius 3 is 2.85 bits per heavy atom. The van der Waals surface area contributed by atoms with Crippen LogP contribution >= 0.6 is 0 Å². The third kappa shape index (κ3) is 2.59. The van der Waals surface area contributed by atoms with Crippen LogP contribution in [0, 0.1) is 0 Å². The second kappa shape index (κ2) is 5.00. The molecule has 1 saturated heterocycles. The van der Waals surface area contributed by atoms with Gasteiger partial charge in [-0.3, -0.25) is 4.98 Å². The average molecular weight is 272 g/mol. The van der Waals surface area contributed by atoms with Gasteiger partial charge in [0.1, 0.15) is 5.82 Å². The molecular formula is C15H20N4O. The summed E-state index contributed by atoms with van der Waals surface area (Å²) in [6, 6.07) is 7.90. The van der Waals surface area contributed by atoms with Gasteiger partial charge in [0, 0.05) is 19.6 Å². The van der Waals surface area contributed by atoms with Gasteiger partial charge in [-0.15, -0.1) is 0 Å². The zero-order valence-corrected chi connectivity index (χ0v) is 11.9. The van der Waals surface area contributed by atoms with Crippen molar-refractivity contribution in [1.29, 1.82) is 0 Å². The Morgan fingerprint density at radius 2 is 2.10 bits per heavy atom. The number of nitrogens with two attached hydrogens (primary N) is 1. The number of hydrogen-bond acceptors (Lipinski definition) is 5. The fraction of sp³-hybridized carbons (Fsp3) is 0.467. The molecule has 0 aliphatic carbocycles. The maximum absolute atomic E-state index is 5.95. The molecule has 1 aromatic carbocycles. The highest BCUT2D eigenvalue weighted by Gasteiger charge is 2.33. The first-order chi connectivity index (χ1) is 9.57. The van der Waals surface area contributed by atoms with Crippen LogP contribution in [0.2, 0.25) is 0 Å². The maximum Gasteiger partial charge on any atom is 0.148 e. The number of hydrogen-bond donors (Lipinski definition) is 1. The predicted octanol–water partition coefficient (Wildman–Crippen LogP) is 1.57. The quantitative estimate of drug-likeness (QED) is 0.899. The third-order valence-electron chi connectivity index (χ3n) is 3.50. The number of rotatable bonds is 2. The highest BCUT2D eigenvalue weighted by atomic mass is 16.5. The lowest BCUT2D eigenvalue weighted by atomic mass is 10.1. The van der Waals surface area contributed by atoms with E-state index >= 15 is 0 Å². The van der Waals surface area contributed by atoms with Gasteiger partial charge in [-0.05, 0) is 26.0 Å². The van der Waals surface area contributed by atoms with E-state index in [9.17, 15) is 0 Å². The molecule has 2 N–H and O–H groups in total. The zero-order chi connectivity index (χ0) is 14.2. The number of ether oxygens (including phenoxy) is 1. The standard InChI is InChI=1S/C15H20N4O/c1-15(2)10-19(9-11(7-16)20-15)14-8-17-12-5-3-4-6-13(12)18-14/h3-6,8,11H,7,9-10,16H2,1-2H3. The largest absolute Gasteiger partial charge is 0.367 e. The molecule has 0 bridgehead atoms. The SMILES string of the molecule is CC1(C)CN(c2cnc3ccccc3n2)CC(CN)O1. The van der Waals surface area contributed by atoms with Gasteiger partial charge in [-0.25, -0.2) is 4.98 Å². The van der Waals surface area contributed by atoms with Gasteiger partial charge in [0.2, 0.25) is 0 Å². The van der Waals surface area contributed by atoms with Crippen LogP contribution in [0.1, 0.15) is 13.8 Å². The van der Waals surface area contributed by atoms with E-state index in [2.05, 4.69) is 23.7 Å². The lowest BCUT2D eigenvalue weighted by Crippen LogP contribution is -2.55. The summed E-state index contributed by atoms with van der Waals surface area (Å²) in [5, 5.41) is 0. The molecule has 1 unspecified atom stereocenters. The highest BCUT2D eigenvalue weighted by Crippen LogP contribution is 2.25. The summed E-state index contributed by atoms with van der Waals surface area (Å²) in [5.74, 6) is 0.888. The minimum atomic E-state index is -0.227. The van der Waals surface area contributed by atoms with E-state index < -0.39 is 0 Å². The summed E-state index contributed by atoms with van der Waals surface area (Å²) in [5.41, 5.74) is 7.37. The van der Waals surface area contributed by atoms with Gasteiger partial charge < -0.3 is 15.4 Å². The number of para-hydroxylation sites is 2. The van der Waals surface area contributed by atoms with Crippen LogP contribution in [0.25, 0.3) is 11.0 Å². The number of morpholine rings is 1. The van der Waals surface area contributed by atoms with E-state index in [1.54, 1.807) is 0 Å². The van der Waals surface area contributed by atoms with E-state index in [-0.39, 0.29) is 11.7 Å². The van der Waals surface area contributed by atoms with Crippen LogP contribution in [-0.4, -0.2) is 41.3 Å². The van der Waals surface area contributed by atoms with Crippen LogP contribution < -0.4 is 10.6 Å². The van der Waals surface area contributed by atoms with Crippen molar-refractivity contribution in [2.24, 2.45) is 5.73 Å². The van der Waals surface area contributed by atoms with Crippen molar-refractivity contribution >= 4 is 16.9 Å². The number of benzene rings is 1. The Kier molecular flexibility index (Phi) is 3.31. The zero-order valence-electron chi connectivity index (χ0n) is 11.9. The molecule has 2 heterocycles. The van der Waals surface area contributed by atoms with E-state index in [0.717, 1.165) is 29.9 Å². The number of anilines is 1. The highest BCUT2D eigenvalue weighted by molar-refractivity contribution is 5.75. The molecule has 106 valence electrons. The summed E-state index contributed by atoms with van der Waals surface area (Å²) < 4.78 is 5.95. The van der Waals surface area contributed by atoms with Gasteiger partial charge in [0.05, 0.1) is 28.9 Å². The first-order valence-electron chi connectivity index (χ1n) is 6.92. The van der Waals surface area contributed by atoms with Crippen LogP contribution in [0.4, 0.5) is 5.82 Å². The minimum absolute atomic E-state index is 0.0343.